The molecule has 1 aliphatic heterocycles. The molecule has 1 aliphatic rings. The van der Waals surface area contributed by atoms with Crippen LogP contribution in [0.3, 0.4) is 0 Å². The number of allylic oxidation sites excluding steroid dienone is 1. The Morgan fingerprint density at radius 1 is 1.33 bits per heavy atom. The highest BCUT2D eigenvalue weighted by atomic mass is 79.9. The lowest BCUT2D eigenvalue weighted by Gasteiger charge is -1.99. The first kappa shape index (κ1) is 11.0. The Bertz CT molecular complexity index is 740. The van der Waals surface area contributed by atoms with Gasteiger partial charge in [0.25, 0.3) is 0 Å². The number of H-pyrrole nitrogens is 2. The molecular formula is C12H8BrN3O2. The molecule has 1 aromatic heterocycles. The second-order valence-corrected chi connectivity index (χ2v) is 4.78. The average Bonchev–Trinajstić information content (AvgIpc) is 2.84. The molecule has 0 unspecified atom stereocenters. The van der Waals surface area contributed by atoms with E-state index >= 15 is 0 Å². The molecule has 0 saturated carbocycles. The van der Waals surface area contributed by atoms with Crippen LogP contribution in [-0.2, 0) is 0 Å². The topological polar surface area (TPSA) is 81.2 Å². The van der Waals surface area contributed by atoms with E-state index in [0.717, 1.165) is 21.3 Å². The number of aromatic hydroxyl groups is 1. The number of hydrogen-bond donors (Lipinski definition) is 3. The molecule has 0 atom stereocenters. The Balaban J connectivity index is 2.09. The SMILES string of the molecule is O=c1[nH]c(O)c(/C=C2/C=Nc3cc(Br)ccc32)[nH]1. The van der Waals surface area contributed by atoms with Crippen LogP contribution in [0, 0.1) is 0 Å². The summed E-state index contributed by atoms with van der Waals surface area (Å²) in [5, 5.41) is 9.50. The van der Waals surface area contributed by atoms with Crippen molar-refractivity contribution in [1.82, 2.24) is 9.97 Å². The van der Waals surface area contributed by atoms with Crippen molar-refractivity contribution in [3.63, 3.8) is 0 Å². The lowest BCUT2D eigenvalue weighted by Crippen LogP contribution is -2.00. The summed E-state index contributed by atoms with van der Waals surface area (Å²) in [7, 11) is 0. The van der Waals surface area contributed by atoms with E-state index in [4.69, 9.17) is 0 Å². The summed E-state index contributed by atoms with van der Waals surface area (Å²) in [5.74, 6) is -0.175. The first-order chi connectivity index (χ1) is 8.63. The molecule has 0 bridgehead atoms. The number of benzene rings is 1. The van der Waals surface area contributed by atoms with Gasteiger partial charge in [0.05, 0.1) is 5.69 Å². The summed E-state index contributed by atoms with van der Waals surface area (Å²) in [6.45, 7) is 0. The van der Waals surface area contributed by atoms with E-state index in [1.807, 2.05) is 18.2 Å². The Morgan fingerprint density at radius 3 is 2.89 bits per heavy atom. The maximum atomic E-state index is 11.0. The highest BCUT2D eigenvalue weighted by Gasteiger charge is 2.13. The lowest BCUT2D eigenvalue weighted by molar-refractivity contribution is 0.454. The van der Waals surface area contributed by atoms with Crippen molar-refractivity contribution in [3.05, 3.63) is 44.4 Å². The second kappa shape index (κ2) is 3.99. The number of halogens is 1. The van der Waals surface area contributed by atoms with Crippen LogP contribution >= 0.6 is 15.9 Å². The van der Waals surface area contributed by atoms with Gasteiger partial charge in [0.1, 0.15) is 5.69 Å². The zero-order valence-corrected chi connectivity index (χ0v) is 10.7. The molecule has 2 aromatic rings. The summed E-state index contributed by atoms with van der Waals surface area (Å²) >= 11 is 3.38. The minimum absolute atomic E-state index is 0.175. The minimum atomic E-state index is -0.440. The highest BCUT2D eigenvalue weighted by molar-refractivity contribution is 9.10. The Kier molecular flexibility index (Phi) is 2.45. The fraction of sp³-hybridized carbons (Fsp3) is 0. The Hall–Kier alpha value is -2.08. The van der Waals surface area contributed by atoms with Crippen molar-refractivity contribution in [2.75, 3.05) is 0 Å². The summed E-state index contributed by atoms with van der Waals surface area (Å²) < 4.78 is 0.956. The maximum absolute atomic E-state index is 11.0. The van der Waals surface area contributed by atoms with Crippen molar-refractivity contribution < 1.29 is 5.11 Å². The molecule has 5 nitrogen and oxygen atoms in total. The first-order valence-corrected chi connectivity index (χ1v) is 6.00. The molecule has 2 heterocycles. The third-order valence-electron chi connectivity index (χ3n) is 2.65. The van der Waals surface area contributed by atoms with Gasteiger partial charge in [-0.1, -0.05) is 22.0 Å². The van der Waals surface area contributed by atoms with E-state index in [1.54, 1.807) is 12.3 Å². The number of imidazole rings is 1. The van der Waals surface area contributed by atoms with Crippen molar-refractivity contribution in [2.45, 2.75) is 0 Å². The van der Waals surface area contributed by atoms with Crippen molar-refractivity contribution >= 4 is 39.5 Å². The smallest absolute Gasteiger partial charge is 0.326 e. The highest BCUT2D eigenvalue weighted by Crippen LogP contribution is 2.34. The molecule has 1 aromatic carbocycles. The number of aromatic amines is 2. The Labute approximate surface area is 110 Å². The number of aliphatic imine (C=N–C) groups is 1. The third-order valence-corrected chi connectivity index (χ3v) is 3.14. The zero-order chi connectivity index (χ0) is 12.7. The van der Waals surface area contributed by atoms with Crippen LogP contribution in [0.4, 0.5) is 5.69 Å². The van der Waals surface area contributed by atoms with Crippen LogP contribution in [0.5, 0.6) is 5.88 Å². The van der Waals surface area contributed by atoms with Crippen molar-refractivity contribution in [3.8, 4) is 5.88 Å². The molecule has 0 spiro atoms. The lowest BCUT2D eigenvalue weighted by atomic mass is 10.1. The van der Waals surface area contributed by atoms with Crippen LogP contribution in [-0.4, -0.2) is 21.3 Å². The fourth-order valence-corrected chi connectivity index (χ4v) is 2.18. The van der Waals surface area contributed by atoms with E-state index in [2.05, 4.69) is 30.9 Å². The summed E-state index contributed by atoms with van der Waals surface area (Å²) in [4.78, 5) is 20.1. The maximum Gasteiger partial charge on any atom is 0.326 e. The monoisotopic (exact) mass is 305 g/mol. The Morgan fingerprint density at radius 2 is 2.17 bits per heavy atom. The molecule has 0 aliphatic carbocycles. The summed E-state index contributed by atoms with van der Waals surface area (Å²) in [6.07, 6.45) is 3.37. The van der Waals surface area contributed by atoms with Crippen LogP contribution in [0.25, 0.3) is 11.6 Å². The van der Waals surface area contributed by atoms with E-state index in [-0.39, 0.29) is 5.88 Å². The van der Waals surface area contributed by atoms with Gasteiger partial charge in [-0.2, -0.15) is 0 Å². The third kappa shape index (κ3) is 1.80. The van der Waals surface area contributed by atoms with Gasteiger partial charge < -0.3 is 10.1 Å². The predicted molar refractivity (Wildman–Crippen MR) is 73.2 cm³/mol. The first-order valence-electron chi connectivity index (χ1n) is 5.20. The van der Waals surface area contributed by atoms with E-state index in [9.17, 15) is 9.90 Å². The second-order valence-electron chi connectivity index (χ2n) is 3.86. The van der Waals surface area contributed by atoms with Crippen LogP contribution < -0.4 is 5.69 Å². The van der Waals surface area contributed by atoms with Crippen LogP contribution in [0.2, 0.25) is 0 Å². The normalized spacial score (nSPS) is 15.3. The molecule has 0 fully saturated rings. The summed E-state index contributed by atoms with van der Waals surface area (Å²) in [5.41, 5.74) is 2.55. The molecule has 6 heteroatoms. The van der Waals surface area contributed by atoms with Gasteiger partial charge in [-0.05, 0) is 18.2 Å². The summed E-state index contributed by atoms with van der Waals surface area (Å²) in [6, 6.07) is 5.76. The largest absolute Gasteiger partial charge is 0.493 e. The van der Waals surface area contributed by atoms with Crippen LogP contribution in [0.15, 0.2) is 32.5 Å². The van der Waals surface area contributed by atoms with Gasteiger partial charge in [-0.3, -0.25) is 9.98 Å². The van der Waals surface area contributed by atoms with Crippen molar-refractivity contribution in [2.24, 2.45) is 4.99 Å². The van der Waals surface area contributed by atoms with Gasteiger partial charge in [-0.25, -0.2) is 4.79 Å². The number of hydrogen-bond acceptors (Lipinski definition) is 3. The molecule has 0 saturated heterocycles. The number of nitrogens with one attached hydrogen (secondary N) is 2. The number of aromatic nitrogens is 2. The van der Waals surface area contributed by atoms with Gasteiger partial charge in [0.15, 0.2) is 0 Å². The van der Waals surface area contributed by atoms with Crippen LogP contribution in [0.1, 0.15) is 11.3 Å². The van der Waals surface area contributed by atoms with E-state index in [1.165, 1.54) is 0 Å². The quantitative estimate of drug-likeness (QED) is 0.756. The van der Waals surface area contributed by atoms with E-state index in [0.29, 0.717) is 5.69 Å². The van der Waals surface area contributed by atoms with Gasteiger partial charge in [0, 0.05) is 21.8 Å². The zero-order valence-electron chi connectivity index (χ0n) is 9.07. The standard InChI is InChI=1S/C12H8BrN3O2/c13-7-1-2-8-6(5-14-9(8)4-7)3-10-11(17)16-12(18)15-10/h1-5,17H,(H2,15,16,18)/b6-3-. The number of rotatable bonds is 1. The molecule has 3 rings (SSSR count). The fourth-order valence-electron chi connectivity index (χ4n) is 1.83. The van der Waals surface area contributed by atoms with Gasteiger partial charge >= 0.3 is 5.69 Å². The minimum Gasteiger partial charge on any atom is -0.493 e. The average molecular weight is 306 g/mol. The predicted octanol–water partition coefficient (Wildman–Crippen LogP) is 2.43. The van der Waals surface area contributed by atoms with Gasteiger partial charge in [-0.15, -0.1) is 0 Å². The number of nitrogens with zero attached hydrogens (tertiary/aromatic N) is 1. The molecule has 90 valence electrons. The van der Waals surface area contributed by atoms with E-state index < -0.39 is 5.69 Å². The molecule has 18 heavy (non-hydrogen) atoms. The molecule has 3 N–H and O–H groups in total. The van der Waals surface area contributed by atoms with Crippen molar-refractivity contribution in [1.29, 1.82) is 0 Å². The molecule has 0 radical (unpaired) electrons. The van der Waals surface area contributed by atoms with Gasteiger partial charge in [0.2, 0.25) is 5.88 Å². The molecule has 0 amide bonds. The molecular weight excluding hydrogens is 298 g/mol. The number of fused-ring (bicyclic) bond motifs is 1.